The van der Waals surface area contributed by atoms with Crippen LogP contribution in [0, 0.1) is 11.6 Å². The topological polar surface area (TPSA) is 52.5 Å². The van der Waals surface area contributed by atoms with Gasteiger partial charge in [-0.25, -0.2) is 8.78 Å². The SMILES string of the molecule is OC(CNCC1(O)CCCCCC1)c1cc(F)ccc1F. The van der Waals surface area contributed by atoms with Crippen molar-refractivity contribution in [3.63, 3.8) is 0 Å². The summed E-state index contributed by atoms with van der Waals surface area (Å²) < 4.78 is 26.6. The zero-order valence-corrected chi connectivity index (χ0v) is 12.1. The maximum Gasteiger partial charge on any atom is 0.129 e. The molecule has 0 heterocycles. The fraction of sp³-hybridized carbons (Fsp3) is 0.625. The third kappa shape index (κ3) is 4.73. The van der Waals surface area contributed by atoms with Gasteiger partial charge < -0.3 is 15.5 Å². The molecule has 0 spiro atoms. The molecule has 5 heteroatoms. The summed E-state index contributed by atoms with van der Waals surface area (Å²) >= 11 is 0. The molecular formula is C16H23F2NO2. The van der Waals surface area contributed by atoms with Crippen LogP contribution in [0.3, 0.4) is 0 Å². The van der Waals surface area contributed by atoms with E-state index in [1.807, 2.05) is 0 Å². The van der Waals surface area contributed by atoms with Crippen LogP contribution in [0.2, 0.25) is 0 Å². The first-order chi connectivity index (χ1) is 10.0. The lowest BCUT2D eigenvalue weighted by Gasteiger charge is -2.27. The fourth-order valence-electron chi connectivity index (χ4n) is 2.88. The molecule has 1 aromatic rings. The Morgan fingerprint density at radius 1 is 1.14 bits per heavy atom. The van der Waals surface area contributed by atoms with Crippen LogP contribution in [0.5, 0.6) is 0 Å². The van der Waals surface area contributed by atoms with Crippen LogP contribution in [0.25, 0.3) is 0 Å². The second-order valence-electron chi connectivity index (χ2n) is 5.95. The quantitative estimate of drug-likeness (QED) is 0.733. The Bertz CT molecular complexity index is 460. The zero-order chi connectivity index (χ0) is 15.3. The number of nitrogens with one attached hydrogen (secondary N) is 1. The molecular weight excluding hydrogens is 276 g/mol. The monoisotopic (exact) mass is 299 g/mol. The summed E-state index contributed by atoms with van der Waals surface area (Å²) in [7, 11) is 0. The highest BCUT2D eigenvalue weighted by atomic mass is 19.1. The maximum absolute atomic E-state index is 13.5. The molecule has 1 saturated carbocycles. The third-order valence-electron chi connectivity index (χ3n) is 4.14. The van der Waals surface area contributed by atoms with Crippen molar-refractivity contribution in [3.05, 3.63) is 35.4 Å². The molecule has 1 aliphatic rings. The van der Waals surface area contributed by atoms with E-state index in [0.717, 1.165) is 56.7 Å². The second-order valence-corrected chi connectivity index (χ2v) is 5.95. The fourth-order valence-corrected chi connectivity index (χ4v) is 2.88. The van der Waals surface area contributed by atoms with Gasteiger partial charge in [0.15, 0.2) is 0 Å². The summed E-state index contributed by atoms with van der Waals surface area (Å²) in [5.74, 6) is -1.20. The van der Waals surface area contributed by atoms with E-state index in [-0.39, 0.29) is 12.1 Å². The van der Waals surface area contributed by atoms with Gasteiger partial charge in [-0.2, -0.15) is 0 Å². The third-order valence-corrected chi connectivity index (χ3v) is 4.14. The molecule has 21 heavy (non-hydrogen) atoms. The van der Waals surface area contributed by atoms with Crippen LogP contribution in [-0.4, -0.2) is 28.9 Å². The normalized spacial score (nSPS) is 20.0. The minimum Gasteiger partial charge on any atom is -0.389 e. The minimum atomic E-state index is -1.13. The smallest absolute Gasteiger partial charge is 0.129 e. The lowest BCUT2D eigenvalue weighted by Crippen LogP contribution is -2.41. The highest BCUT2D eigenvalue weighted by Gasteiger charge is 2.27. The molecule has 0 aromatic heterocycles. The van der Waals surface area contributed by atoms with Crippen LogP contribution < -0.4 is 5.32 Å². The predicted molar refractivity (Wildman–Crippen MR) is 76.8 cm³/mol. The van der Waals surface area contributed by atoms with Crippen LogP contribution >= 0.6 is 0 Å². The highest BCUT2D eigenvalue weighted by Crippen LogP contribution is 2.26. The van der Waals surface area contributed by atoms with E-state index in [1.54, 1.807) is 0 Å². The lowest BCUT2D eigenvalue weighted by atomic mass is 9.94. The number of aliphatic hydroxyl groups is 2. The molecule has 1 unspecified atom stereocenters. The Labute approximate surface area is 124 Å². The average Bonchev–Trinajstić information content (AvgIpc) is 2.66. The van der Waals surface area contributed by atoms with E-state index < -0.39 is 23.3 Å². The van der Waals surface area contributed by atoms with Gasteiger partial charge in [0.1, 0.15) is 11.6 Å². The Kier molecular flexibility index (Phi) is 5.67. The molecule has 3 nitrogen and oxygen atoms in total. The molecule has 1 fully saturated rings. The van der Waals surface area contributed by atoms with E-state index in [1.165, 1.54) is 0 Å². The molecule has 2 rings (SSSR count). The molecule has 3 N–H and O–H groups in total. The number of halogens is 2. The van der Waals surface area contributed by atoms with E-state index in [9.17, 15) is 19.0 Å². The molecule has 0 aliphatic heterocycles. The predicted octanol–water partition coefficient (Wildman–Crippen LogP) is 2.67. The van der Waals surface area contributed by atoms with E-state index in [0.29, 0.717) is 6.54 Å². The Morgan fingerprint density at radius 3 is 2.48 bits per heavy atom. The number of aliphatic hydroxyl groups excluding tert-OH is 1. The van der Waals surface area contributed by atoms with Crippen molar-refractivity contribution in [2.24, 2.45) is 0 Å². The van der Waals surface area contributed by atoms with Crippen molar-refractivity contribution in [1.29, 1.82) is 0 Å². The van der Waals surface area contributed by atoms with Crippen LogP contribution in [0.1, 0.15) is 50.2 Å². The molecule has 0 bridgehead atoms. The maximum atomic E-state index is 13.5. The standard InChI is InChI=1S/C16H23F2NO2/c17-12-5-6-14(18)13(9-12)15(20)10-19-11-16(21)7-3-1-2-4-8-16/h5-6,9,15,19-21H,1-4,7-8,10-11H2. The lowest BCUT2D eigenvalue weighted by molar-refractivity contribution is 0.0222. The van der Waals surface area contributed by atoms with Crippen molar-refractivity contribution in [3.8, 4) is 0 Å². The molecule has 118 valence electrons. The molecule has 0 radical (unpaired) electrons. The number of hydrogen-bond acceptors (Lipinski definition) is 3. The van der Waals surface area contributed by atoms with Gasteiger partial charge in [0.25, 0.3) is 0 Å². The summed E-state index contributed by atoms with van der Waals surface area (Å²) in [5, 5.41) is 23.4. The average molecular weight is 299 g/mol. The van der Waals surface area contributed by atoms with Crippen molar-refractivity contribution in [1.82, 2.24) is 5.32 Å². The van der Waals surface area contributed by atoms with Gasteiger partial charge >= 0.3 is 0 Å². The van der Waals surface area contributed by atoms with Gasteiger partial charge in [0, 0.05) is 18.7 Å². The van der Waals surface area contributed by atoms with Crippen molar-refractivity contribution >= 4 is 0 Å². The Balaban J connectivity index is 1.86. The summed E-state index contributed by atoms with van der Waals surface area (Å²) in [6.45, 7) is 0.448. The first-order valence-electron chi connectivity index (χ1n) is 7.56. The van der Waals surface area contributed by atoms with Crippen LogP contribution in [0.4, 0.5) is 8.78 Å². The van der Waals surface area contributed by atoms with Gasteiger partial charge in [-0.3, -0.25) is 0 Å². The molecule has 1 aliphatic carbocycles. The number of rotatable bonds is 5. The van der Waals surface area contributed by atoms with E-state index in [4.69, 9.17) is 0 Å². The van der Waals surface area contributed by atoms with Gasteiger partial charge in [-0.1, -0.05) is 25.7 Å². The summed E-state index contributed by atoms with van der Waals surface area (Å²) in [4.78, 5) is 0. The minimum absolute atomic E-state index is 0.0599. The zero-order valence-electron chi connectivity index (χ0n) is 12.1. The van der Waals surface area contributed by atoms with Crippen LogP contribution in [0.15, 0.2) is 18.2 Å². The first-order valence-corrected chi connectivity index (χ1v) is 7.56. The Hall–Kier alpha value is -1.04. The van der Waals surface area contributed by atoms with Gasteiger partial charge in [-0.15, -0.1) is 0 Å². The van der Waals surface area contributed by atoms with Gasteiger partial charge in [0.2, 0.25) is 0 Å². The first kappa shape index (κ1) is 16.3. The number of hydrogen-bond donors (Lipinski definition) is 3. The van der Waals surface area contributed by atoms with Crippen molar-refractivity contribution in [2.45, 2.75) is 50.2 Å². The van der Waals surface area contributed by atoms with Crippen LogP contribution in [-0.2, 0) is 0 Å². The number of benzene rings is 1. The van der Waals surface area contributed by atoms with Crippen molar-refractivity contribution in [2.75, 3.05) is 13.1 Å². The molecule has 1 atom stereocenters. The van der Waals surface area contributed by atoms with E-state index >= 15 is 0 Å². The largest absolute Gasteiger partial charge is 0.389 e. The molecule has 0 amide bonds. The summed E-state index contributed by atoms with van der Waals surface area (Å²) in [6, 6.07) is 3.03. The summed E-state index contributed by atoms with van der Waals surface area (Å²) in [5.41, 5.74) is -0.813. The van der Waals surface area contributed by atoms with Gasteiger partial charge in [-0.05, 0) is 31.0 Å². The molecule has 0 saturated heterocycles. The van der Waals surface area contributed by atoms with Crippen molar-refractivity contribution < 1.29 is 19.0 Å². The second kappa shape index (κ2) is 7.29. The van der Waals surface area contributed by atoms with Gasteiger partial charge in [0.05, 0.1) is 11.7 Å². The molecule has 1 aromatic carbocycles. The van der Waals surface area contributed by atoms with E-state index in [2.05, 4.69) is 5.32 Å². The highest BCUT2D eigenvalue weighted by molar-refractivity contribution is 5.21. The summed E-state index contributed by atoms with van der Waals surface area (Å²) in [6.07, 6.45) is 4.63. The Morgan fingerprint density at radius 2 is 1.81 bits per heavy atom.